The molecular weight excluding hydrogens is 318 g/mol. The van der Waals surface area contributed by atoms with Crippen molar-refractivity contribution < 1.29 is 19.1 Å². The maximum Gasteiger partial charge on any atom is 0.344 e. The summed E-state index contributed by atoms with van der Waals surface area (Å²) in [7, 11) is 0. The number of anilines is 1. The van der Waals surface area contributed by atoms with Crippen molar-refractivity contribution in [2.24, 2.45) is 0 Å². The average Bonchev–Trinajstić information content (AvgIpc) is 2.54. The quantitative estimate of drug-likeness (QED) is 0.816. The van der Waals surface area contributed by atoms with E-state index in [-0.39, 0.29) is 12.5 Å². The first-order valence-corrected chi connectivity index (χ1v) is 8.11. The van der Waals surface area contributed by atoms with E-state index in [9.17, 15) is 9.59 Å². The van der Waals surface area contributed by atoms with Gasteiger partial charge in [-0.2, -0.15) is 0 Å². The van der Waals surface area contributed by atoms with Gasteiger partial charge in [-0.05, 0) is 63.1 Å². The predicted molar refractivity (Wildman–Crippen MR) is 96.8 cm³/mol. The van der Waals surface area contributed by atoms with Gasteiger partial charge in [-0.3, -0.25) is 4.79 Å². The van der Waals surface area contributed by atoms with Gasteiger partial charge in [0, 0.05) is 5.69 Å². The lowest BCUT2D eigenvalue weighted by Crippen LogP contribution is -2.31. The molecule has 0 spiro atoms. The van der Waals surface area contributed by atoms with Crippen molar-refractivity contribution in [3.8, 4) is 5.75 Å². The number of nitrogens with one attached hydrogen (secondary N) is 1. The SMILES string of the molecule is Cc1ccc(NC(=O)[C@H](C)OC(=O)COc2cc(C)cc(C)c2)cc1. The Kier molecular flexibility index (Phi) is 6.17. The first kappa shape index (κ1) is 18.5. The first-order valence-electron chi connectivity index (χ1n) is 8.11. The second-order valence-electron chi connectivity index (χ2n) is 6.10. The van der Waals surface area contributed by atoms with E-state index in [1.165, 1.54) is 6.92 Å². The number of carbonyl (C=O) groups excluding carboxylic acids is 2. The lowest BCUT2D eigenvalue weighted by atomic mass is 10.1. The molecule has 0 aliphatic carbocycles. The van der Waals surface area contributed by atoms with E-state index in [0.29, 0.717) is 11.4 Å². The molecule has 0 radical (unpaired) electrons. The topological polar surface area (TPSA) is 64.6 Å². The van der Waals surface area contributed by atoms with Crippen molar-refractivity contribution in [3.05, 3.63) is 59.2 Å². The number of esters is 1. The Morgan fingerprint density at radius 2 is 1.56 bits per heavy atom. The minimum absolute atomic E-state index is 0.245. The third-order valence-corrected chi connectivity index (χ3v) is 3.55. The van der Waals surface area contributed by atoms with E-state index in [0.717, 1.165) is 16.7 Å². The molecule has 1 N–H and O–H groups in total. The van der Waals surface area contributed by atoms with Gasteiger partial charge in [0.25, 0.3) is 5.91 Å². The zero-order chi connectivity index (χ0) is 18.4. The fourth-order valence-corrected chi connectivity index (χ4v) is 2.32. The summed E-state index contributed by atoms with van der Waals surface area (Å²) >= 11 is 0. The Bertz CT molecular complexity index is 733. The molecule has 0 saturated heterocycles. The Labute approximate surface area is 148 Å². The van der Waals surface area contributed by atoms with Crippen LogP contribution in [0.2, 0.25) is 0 Å². The van der Waals surface area contributed by atoms with Gasteiger partial charge in [0.2, 0.25) is 0 Å². The highest BCUT2D eigenvalue weighted by atomic mass is 16.6. The Morgan fingerprint density at radius 1 is 0.960 bits per heavy atom. The molecule has 1 atom stereocenters. The number of ether oxygens (including phenoxy) is 2. The van der Waals surface area contributed by atoms with Crippen LogP contribution >= 0.6 is 0 Å². The summed E-state index contributed by atoms with van der Waals surface area (Å²) in [6.45, 7) is 7.15. The Balaban J connectivity index is 1.82. The summed E-state index contributed by atoms with van der Waals surface area (Å²) in [5, 5.41) is 2.71. The zero-order valence-electron chi connectivity index (χ0n) is 15.0. The fourth-order valence-electron chi connectivity index (χ4n) is 2.32. The number of hydrogen-bond donors (Lipinski definition) is 1. The second-order valence-corrected chi connectivity index (χ2v) is 6.10. The molecule has 0 unspecified atom stereocenters. The molecule has 132 valence electrons. The molecule has 2 aromatic carbocycles. The monoisotopic (exact) mass is 341 g/mol. The van der Waals surface area contributed by atoms with E-state index in [4.69, 9.17) is 9.47 Å². The first-order chi connectivity index (χ1) is 11.8. The van der Waals surface area contributed by atoms with Gasteiger partial charge in [-0.15, -0.1) is 0 Å². The van der Waals surface area contributed by atoms with Gasteiger partial charge in [0.05, 0.1) is 0 Å². The predicted octanol–water partition coefficient (Wildman–Crippen LogP) is 3.56. The number of rotatable bonds is 6. The molecule has 25 heavy (non-hydrogen) atoms. The summed E-state index contributed by atoms with van der Waals surface area (Å²) in [5.74, 6) is -0.375. The average molecular weight is 341 g/mol. The van der Waals surface area contributed by atoms with Gasteiger partial charge in [-0.1, -0.05) is 23.8 Å². The summed E-state index contributed by atoms with van der Waals surface area (Å²) in [5.41, 5.74) is 3.86. The van der Waals surface area contributed by atoms with Gasteiger partial charge in [-0.25, -0.2) is 4.79 Å². The van der Waals surface area contributed by atoms with Crippen LogP contribution in [0.3, 0.4) is 0 Å². The maximum absolute atomic E-state index is 12.1. The molecular formula is C20H23NO4. The lowest BCUT2D eigenvalue weighted by Gasteiger charge is -2.14. The minimum atomic E-state index is -0.906. The zero-order valence-corrected chi connectivity index (χ0v) is 15.0. The lowest BCUT2D eigenvalue weighted by molar-refractivity contribution is -0.155. The van der Waals surface area contributed by atoms with Crippen LogP contribution in [0.25, 0.3) is 0 Å². The highest BCUT2D eigenvalue weighted by Crippen LogP contribution is 2.16. The number of amides is 1. The molecule has 5 heteroatoms. The summed E-state index contributed by atoms with van der Waals surface area (Å²) < 4.78 is 10.5. The van der Waals surface area contributed by atoms with Gasteiger partial charge >= 0.3 is 5.97 Å². The largest absolute Gasteiger partial charge is 0.482 e. The van der Waals surface area contributed by atoms with Crippen LogP contribution in [0, 0.1) is 20.8 Å². The van der Waals surface area contributed by atoms with Crippen LogP contribution in [-0.2, 0) is 14.3 Å². The minimum Gasteiger partial charge on any atom is -0.482 e. The second kappa shape index (κ2) is 8.33. The van der Waals surface area contributed by atoms with Gasteiger partial charge in [0.15, 0.2) is 12.7 Å². The molecule has 5 nitrogen and oxygen atoms in total. The number of carbonyl (C=O) groups is 2. The standard InChI is InChI=1S/C20H23NO4/c1-13-5-7-17(8-6-13)21-20(23)16(4)25-19(22)12-24-18-10-14(2)9-15(3)11-18/h5-11,16H,12H2,1-4H3,(H,21,23)/t16-/m0/s1. The normalized spacial score (nSPS) is 11.5. The molecule has 2 rings (SSSR count). The molecule has 0 saturated carbocycles. The number of aryl methyl sites for hydroxylation is 3. The molecule has 1 amide bonds. The molecule has 0 heterocycles. The van der Waals surface area contributed by atoms with E-state index < -0.39 is 12.1 Å². The summed E-state index contributed by atoms with van der Waals surface area (Å²) in [6, 6.07) is 13.1. The van der Waals surface area contributed by atoms with Crippen molar-refractivity contribution in [1.29, 1.82) is 0 Å². The molecule has 0 aliphatic heterocycles. The van der Waals surface area contributed by atoms with Crippen LogP contribution in [0.1, 0.15) is 23.6 Å². The molecule has 0 fully saturated rings. The summed E-state index contributed by atoms with van der Waals surface area (Å²) in [4.78, 5) is 23.9. The van der Waals surface area contributed by atoms with Crippen LogP contribution in [0.4, 0.5) is 5.69 Å². The van der Waals surface area contributed by atoms with E-state index in [1.807, 2.05) is 51.1 Å². The van der Waals surface area contributed by atoms with Crippen LogP contribution in [-0.4, -0.2) is 24.6 Å². The Morgan fingerprint density at radius 3 is 2.16 bits per heavy atom. The van der Waals surface area contributed by atoms with Crippen molar-refractivity contribution in [2.75, 3.05) is 11.9 Å². The smallest absolute Gasteiger partial charge is 0.344 e. The van der Waals surface area contributed by atoms with Crippen LogP contribution in [0.5, 0.6) is 5.75 Å². The number of hydrogen-bond acceptors (Lipinski definition) is 4. The third kappa shape index (κ3) is 5.95. The van der Waals surface area contributed by atoms with Gasteiger partial charge < -0.3 is 14.8 Å². The number of benzene rings is 2. The van der Waals surface area contributed by atoms with E-state index in [1.54, 1.807) is 12.1 Å². The summed E-state index contributed by atoms with van der Waals surface area (Å²) in [6.07, 6.45) is -0.906. The van der Waals surface area contributed by atoms with Crippen LogP contribution in [0.15, 0.2) is 42.5 Å². The Hall–Kier alpha value is -2.82. The molecule has 0 aromatic heterocycles. The van der Waals surface area contributed by atoms with Crippen molar-refractivity contribution in [1.82, 2.24) is 0 Å². The highest BCUT2D eigenvalue weighted by Gasteiger charge is 2.18. The van der Waals surface area contributed by atoms with E-state index >= 15 is 0 Å². The van der Waals surface area contributed by atoms with Gasteiger partial charge in [0.1, 0.15) is 5.75 Å². The molecule has 2 aromatic rings. The molecule has 0 aliphatic rings. The maximum atomic E-state index is 12.1. The highest BCUT2D eigenvalue weighted by molar-refractivity contribution is 5.95. The third-order valence-electron chi connectivity index (χ3n) is 3.55. The van der Waals surface area contributed by atoms with Crippen molar-refractivity contribution in [3.63, 3.8) is 0 Å². The van der Waals surface area contributed by atoms with Crippen molar-refractivity contribution >= 4 is 17.6 Å². The molecule has 0 bridgehead atoms. The van der Waals surface area contributed by atoms with E-state index in [2.05, 4.69) is 5.32 Å². The fraction of sp³-hybridized carbons (Fsp3) is 0.300. The van der Waals surface area contributed by atoms with Crippen molar-refractivity contribution in [2.45, 2.75) is 33.8 Å². The van der Waals surface area contributed by atoms with Crippen LogP contribution < -0.4 is 10.1 Å².